The number of esters is 1. The Balaban J connectivity index is 2.13. The summed E-state index contributed by atoms with van der Waals surface area (Å²) in [6, 6.07) is 1.12. The molecule has 0 amide bonds. The van der Waals surface area contributed by atoms with Crippen LogP contribution < -0.4 is 0 Å². The first-order chi connectivity index (χ1) is 10.5. The molecule has 2 rings (SSSR count). The van der Waals surface area contributed by atoms with Gasteiger partial charge >= 0.3 is 5.97 Å². The Hall–Kier alpha value is -0.910. The number of ether oxygens (including phenoxy) is 1. The van der Waals surface area contributed by atoms with Crippen LogP contribution in [0.3, 0.4) is 0 Å². The number of rotatable bonds is 5. The molecule has 1 atom stereocenters. The highest BCUT2D eigenvalue weighted by molar-refractivity contribution is 7.10. The molecule has 1 aliphatic heterocycles. The molecule has 0 saturated carbocycles. The zero-order chi connectivity index (χ0) is 16.3. The zero-order valence-electron chi connectivity index (χ0n) is 14.4. The maximum atomic E-state index is 11.8. The van der Waals surface area contributed by atoms with Gasteiger partial charge in [-0.15, -0.1) is 11.3 Å². The minimum atomic E-state index is -0.221. The normalized spacial score (nSPS) is 18.6. The van der Waals surface area contributed by atoms with Gasteiger partial charge < -0.3 is 9.64 Å². The summed E-state index contributed by atoms with van der Waals surface area (Å²) >= 11 is 1.70. The van der Waals surface area contributed by atoms with Gasteiger partial charge in [-0.05, 0) is 45.8 Å². The van der Waals surface area contributed by atoms with Crippen LogP contribution in [-0.4, -0.2) is 56.1 Å². The third kappa shape index (κ3) is 3.53. The number of hydrogen-bond acceptors (Lipinski definition) is 5. The lowest BCUT2D eigenvalue weighted by Gasteiger charge is -2.39. The molecule has 2 heterocycles. The van der Waals surface area contributed by atoms with Gasteiger partial charge in [0.2, 0.25) is 0 Å². The Bertz CT molecular complexity index is 505. The summed E-state index contributed by atoms with van der Waals surface area (Å²) in [5.41, 5.74) is 1.82. The van der Waals surface area contributed by atoms with Gasteiger partial charge in [-0.2, -0.15) is 0 Å². The number of nitrogens with zero attached hydrogens (tertiary/aromatic N) is 2. The number of hydrogen-bond donors (Lipinski definition) is 0. The predicted octanol–water partition coefficient (Wildman–Crippen LogP) is 3.32. The third-order valence-corrected chi connectivity index (χ3v) is 6.03. The quantitative estimate of drug-likeness (QED) is 0.778. The Morgan fingerprint density at radius 1 is 1.45 bits per heavy atom. The number of methoxy groups -OCH3 is 1. The second-order valence-electron chi connectivity index (χ2n) is 6.29. The van der Waals surface area contributed by atoms with Crippen molar-refractivity contribution in [3.63, 3.8) is 0 Å². The Morgan fingerprint density at radius 3 is 2.59 bits per heavy atom. The smallest absolute Gasteiger partial charge is 0.338 e. The van der Waals surface area contributed by atoms with Gasteiger partial charge in [0.1, 0.15) is 0 Å². The van der Waals surface area contributed by atoms with E-state index in [2.05, 4.69) is 30.8 Å². The first-order valence-electron chi connectivity index (χ1n) is 8.06. The van der Waals surface area contributed by atoms with Crippen LogP contribution in [0.1, 0.15) is 53.0 Å². The fourth-order valence-corrected chi connectivity index (χ4v) is 4.67. The van der Waals surface area contributed by atoms with Gasteiger partial charge in [-0.3, -0.25) is 4.90 Å². The van der Waals surface area contributed by atoms with Crippen molar-refractivity contribution in [1.82, 2.24) is 9.80 Å². The van der Waals surface area contributed by atoms with Gasteiger partial charge in [0.25, 0.3) is 0 Å². The van der Waals surface area contributed by atoms with Crippen molar-refractivity contribution in [2.75, 3.05) is 34.3 Å². The molecule has 1 aromatic heterocycles. The number of carbonyl (C=O) groups is 1. The average molecular weight is 324 g/mol. The summed E-state index contributed by atoms with van der Waals surface area (Å²) < 4.78 is 4.88. The van der Waals surface area contributed by atoms with Crippen LogP contribution in [0.25, 0.3) is 0 Å². The molecule has 0 bridgehead atoms. The summed E-state index contributed by atoms with van der Waals surface area (Å²) in [7, 11) is 5.79. The Kier molecular flexibility index (Phi) is 6.01. The van der Waals surface area contributed by atoms with E-state index in [4.69, 9.17) is 4.74 Å². The highest BCUT2D eigenvalue weighted by atomic mass is 32.1. The molecule has 1 fully saturated rings. The zero-order valence-corrected chi connectivity index (χ0v) is 15.2. The van der Waals surface area contributed by atoms with Crippen molar-refractivity contribution in [2.24, 2.45) is 0 Å². The second kappa shape index (κ2) is 7.57. The Labute approximate surface area is 138 Å². The lowest BCUT2D eigenvalue weighted by molar-refractivity contribution is 0.0600. The van der Waals surface area contributed by atoms with Crippen molar-refractivity contribution in [1.29, 1.82) is 0 Å². The van der Waals surface area contributed by atoms with Crippen LogP contribution in [-0.2, 0) is 4.74 Å². The molecular formula is C17H28N2O2S. The number of piperidine rings is 1. The molecule has 0 N–H and O–H groups in total. The monoisotopic (exact) mass is 324 g/mol. The van der Waals surface area contributed by atoms with Crippen molar-refractivity contribution < 1.29 is 9.53 Å². The fourth-order valence-electron chi connectivity index (χ4n) is 3.39. The van der Waals surface area contributed by atoms with Crippen molar-refractivity contribution in [3.8, 4) is 0 Å². The molecule has 0 radical (unpaired) electrons. The van der Waals surface area contributed by atoms with Crippen molar-refractivity contribution >= 4 is 17.3 Å². The molecular weight excluding hydrogens is 296 g/mol. The minimum Gasteiger partial charge on any atom is -0.465 e. The molecule has 0 unspecified atom stereocenters. The van der Waals surface area contributed by atoms with E-state index in [0.29, 0.717) is 12.1 Å². The molecule has 1 aliphatic rings. The van der Waals surface area contributed by atoms with Gasteiger partial charge in [-0.25, -0.2) is 4.79 Å². The maximum absolute atomic E-state index is 11.8. The summed E-state index contributed by atoms with van der Waals surface area (Å²) in [5.74, 6) is -0.221. The molecule has 124 valence electrons. The van der Waals surface area contributed by atoms with E-state index in [1.54, 1.807) is 11.3 Å². The van der Waals surface area contributed by atoms with E-state index >= 15 is 0 Å². The molecule has 1 saturated heterocycles. The number of thiophene rings is 1. The average Bonchev–Trinajstić information content (AvgIpc) is 2.90. The van der Waals surface area contributed by atoms with Crippen LogP contribution >= 0.6 is 11.3 Å². The molecule has 0 aliphatic carbocycles. The molecule has 22 heavy (non-hydrogen) atoms. The summed E-state index contributed by atoms with van der Waals surface area (Å²) in [6.45, 7) is 6.55. The van der Waals surface area contributed by atoms with Crippen LogP contribution in [0.2, 0.25) is 0 Å². The van der Waals surface area contributed by atoms with Crippen molar-refractivity contribution in [2.45, 2.75) is 45.2 Å². The Morgan fingerprint density at radius 2 is 2.09 bits per heavy atom. The number of likely N-dealkylation sites (tertiary alicyclic amines) is 1. The molecule has 1 aromatic rings. The summed E-state index contributed by atoms with van der Waals surface area (Å²) in [5, 5.41) is 1.95. The van der Waals surface area contributed by atoms with Crippen LogP contribution in [0.4, 0.5) is 0 Å². The van der Waals surface area contributed by atoms with Gasteiger partial charge in [0.15, 0.2) is 0 Å². The first-order valence-corrected chi connectivity index (χ1v) is 8.94. The SMILES string of the molecule is CC[C@H](c1scc(C(=O)OC)c1C)N1CCC(N(C)C)CC1. The van der Waals surface area contributed by atoms with E-state index in [0.717, 1.165) is 30.6 Å². The minimum absolute atomic E-state index is 0.221. The second-order valence-corrected chi connectivity index (χ2v) is 7.20. The van der Waals surface area contributed by atoms with E-state index in [1.807, 2.05) is 12.3 Å². The standard InChI is InChI=1S/C17H28N2O2S/c1-6-15(19-9-7-13(8-10-19)18(3)4)16-12(2)14(11-22-16)17(20)21-5/h11,13,15H,6-10H2,1-5H3/t15-/m1/s1. The highest BCUT2D eigenvalue weighted by Crippen LogP contribution is 2.35. The van der Waals surface area contributed by atoms with Gasteiger partial charge in [0, 0.05) is 35.4 Å². The van der Waals surface area contributed by atoms with Gasteiger partial charge in [-0.1, -0.05) is 6.92 Å². The highest BCUT2D eigenvalue weighted by Gasteiger charge is 2.29. The van der Waals surface area contributed by atoms with E-state index in [9.17, 15) is 4.79 Å². The van der Waals surface area contributed by atoms with Crippen molar-refractivity contribution in [3.05, 3.63) is 21.4 Å². The molecule has 0 aromatic carbocycles. The van der Waals surface area contributed by atoms with Crippen LogP contribution in [0.15, 0.2) is 5.38 Å². The fraction of sp³-hybridized carbons (Fsp3) is 0.706. The van der Waals surface area contributed by atoms with E-state index in [-0.39, 0.29) is 5.97 Å². The maximum Gasteiger partial charge on any atom is 0.338 e. The topological polar surface area (TPSA) is 32.8 Å². The lowest BCUT2D eigenvalue weighted by Crippen LogP contribution is -2.43. The lowest BCUT2D eigenvalue weighted by atomic mass is 9.99. The van der Waals surface area contributed by atoms with Crippen LogP contribution in [0.5, 0.6) is 0 Å². The van der Waals surface area contributed by atoms with E-state index < -0.39 is 0 Å². The van der Waals surface area contributed by atoms with Crippen LogP contribution in [0, 0.1) is 6.92 Å². The largest absolute Gasteiger partial charge is 0.465 e. The number of carbonyl (C=O) groups excluding carboxylic acids is 1. The summed E-state index contributed by atoms with van der Waals surface area (Å²) in [6.07, 6.45) is 3.52. The molecule has 5 heteroatoms. The van der Waals surface area contributed by atoms with Gasteiger partial charge in [0.05, 0.1) is 12.7 Å². The first kappa shape index (κ1) is 17.4. The molecule has 4 nitrogen and oxygen atoms in total. The molecule has 0 spiro atoms. The summed E-state index contributed by atoms with van der Waals surface area (Å²) in [4.78, 5) is 18.1. The van der Waals surface area contributed by atoms with E-state index in [1.165, 1.54) is 24.8 Å². The third-order valence-electron chi connectivity index (χ3n) is 4.84. The predicted molar refractivity (Wildman–Crippen MR) is 91.7 cm³/mol.